The minimum absolute atomic E-state index is 0.104. The molecule has 0 spiro atoms. The van der Waals surface area contributed by atoms with Crippen LogP contribution in [0.3, 0.4) is 0 Å². The van der Waals surface area contributed by atoms with Gasteiger partial charge in [-0.05, 0) is 39.7 Å². The Kier molecular flexibility index (Phi) is 5.18. The summed E-state index contributed by atoms with van der Waals surface area (Å²) in [6.45, 7) is 6.84. The summed E-state index contributed by atoms with van der Waals surface area (Å²) >= 11 is 0. The van der Waals surface area contributed by atoms with Crippen LogP contribution < -0.4 is 10.4 Å². The number of hydrogen-bond donors (Lipinski definition) is 0. The van der Waals surface area contributed by atoms with E-state index >= 15 is 0 Å². The Hall–Kier alpha value is -2.56. The molecule has 3 aliphatic rings. The van der Waals surface area contributed by atoms with Crippen LogP contribution in [0.25, 0.3) is 0 Å². The molecule has 3 nitrogen and oxygen atoms in total. The summed E-state index contributed by atoms with van der Waals surface area (Å²) in [4.78, 5) is 26.4. The van der Waals surface area contributed by atoms with Crippen LogP contribution in [0.15, 0.2) is 84.5 Å². The number of ketones is 2. The molecule has 0 aliphatic heterocycles. The van der Waals surface area contributed by atoms with E-state index in [1.807, 2.05) is 12.1 Å². The smallest absolute Gasteiger partial charge is 0.261 e. The molecule has 0 radical (unpaired) electrons. The fourth-order valence-electron chi connectivity index (χ4n) is 6.18. The van der Waals surface area contributed by atoms with E-state index in [1.54, 1.807) is 6.08 Å². The molecule has 0 saturated heterocycles. The maximum atomic E-state index is 13.5. The fourth-order valence-corrected chi connectivity index (χ4v) is 10.7. The summed E-state index contributed by atoms with van der Waals surface area (Å²) in [6, 6.07) is 20.8. The van der Waals surface area contributed by atoms with E-state index in [0.29, 0.717) is 5.57 Å². The molecule has 164 valence electrons. The first-order chi connectivity index (χ1) is 15.3. The van der Waals surface area contributed by atoms with Crippen molar-refractivity contribution < 1.29 is 14.0 Å². The first-order valence-electron chi connectivity index (χ1n) is 11.5. The molecular formula is C28H30O3Si. The van der Waals surface area contributed by atoms with Crippen molar-refractivity contribution in [3.63, 3.8) is 0 Å². The molecule has 1 saturated carbocycles. The molecule has 4 heteroatoms. The van der Waals surface area contributed by atoms with E-state index < -0.39 is 8.32 Å². The average Bonchev–Trinajstić information content (AvgIpc) is 3.40. The highest BCUT2D eigenvalue weighted by atomic mass is 28.4. The normalized spacial score (nSPS) is 26.9. The first kappa shape index (κ1) is 21.3. The number of rotatable bonds is 5. The second kappa shape index (κ2) is 7.79. The Balaban J connectivity index is 1.53. The van der Waals surface area contributed by atoms with Gasteiger partial charge in [0.2, 0.25) is 0 Å². The lowest BCUT2D eigenvalue weighted by Gasteiger charge is -2.43. The molecule has 32 heavy (non-hydrogen) atoms. The van der Waals surface area contributed by atoms with Gasteiger partial charge in [0, 0.05) is 17.4 Å². The summed E-state index contributed by atoms with van der Waals surface area (Å²) in [6.07, 6.45) is 6.80. The Bertz CT molecular complexity index is 1060. The molecule has 4 atom stereocenters. The molecule has 0 N–H and O–H groups in total. The first-order valence-corrected chi connectivity index (χ1v) is 13.5. The van der Waals surface area contributed by atoms with Gasteiger partial charge in [0.15, 0.2) is 11.6 Å². The number of fused-ring (bicyclic) bond motifs is 5. The van der Waals surface area contributed by atoms with Gasteiger partial charge in [-0.15, -0.1) is 0 Å². The molecule has 1 fully saturated rings. The molecule has 0 heterocycles. The van der Waals surface area contributed by atoms with Crippen LogP contribution in [-0.2, 0) is 14.0 Å². The summed E-state index contributed by atoms with van der Waals surface area (Å²) in [5.74, 6) is 0.307. The van der Waals surface area contributed by atoms with E-state index in [-0.39, 0.29) is 46.9 Å². The van der Waals surface area contributed by atoms with Crippen molar-refractivity contribution in [2.75, 3.05) is 6.61 Å². The molecule has 0 aromatic heterocycles. The van der Waals surface area contributed by atoms with Crippen LogP contribution in [0.1, 0.15) is 27.2 Å². The maximum absolute atomic E-state index is 13.5. The molecule has 5 rings (SSSR count). The van der Waals surface area contributed by atoms with Gasteiger partial charge in [-0.2, -0.15) is 0 Å². The Labute approximate surface area is 191 Å². The number of hydrogen-bond acceptors (Lipinski definition) is 3. The molecular weight excluding hydrogens is 412 g/mol. The summed E-state index contributed by atoms with van der Waals surface area (Å²) in [5.41, 5.74) is 0.546. The van der Waals surface area contributed by atoms with Gasteiger partial charge in [0.25, 0.3) is 8.32 Å². The number of benzene rings is 2. The zero-order valence-electron chi connectivity index (χ0n) is 19.0. The third-order valence-electron chi connectivity index (χ3n) is 7.58. The number of Topliss-reactive ketones (excluding diaryl/α,β-unsaturated/α-hetero) is 1. The number of carbonyl (C=O) groups is 2. The van der Waals surface area contributed by atoms with Crippen molar-refractivity contribution in [1.82, 2.24) is 0 Å². The van der Waals surface area contributed by atoms with Crippen molar-refractivity contribution in [3.05, 3.63) is 84.5 Å². The Morgan fingerprint density at radius 1 is 0.844 bits per heavy atom. The van der Waals surface area contributed by atoms with Gasteiger partial charge in [-0.25, -0.2) is 0 Å². The van der Waals surface area contributed by atoms with Crippen LogP contribution in [0, 0.1) is 23.7 Å². The molecule has 0 unspecified atom stereocenters. The minimum atomic E-state index is -2.75. The summed E-state index contributed by atoms with van der Waals surface area (Å²) in [7, 11) is -2.75. The van der Waals surface area contributed by atoms with E-state index in [9.17, 15) is 9.59 Å². The maximum Gasteiger partial charge on any atom is 0.261 e. The topological polar surface area (TPSA) is 43.4 Å². The van der Waals surface area contributed by atoms with Gasteiger partial charge in [-0.3, -0.25) is 9.59 Å². The second-order valence-corrected chi connectivity index (χ2v) is 14.7. The monoisotopic (exact) mass is 442 g/mol. The predicted molar refractivity (Wildman–Crippen MR) is 129 cm³/mol. The zero-order chi connectivity index (χ0) is 22.5. The van der Waals surface area contributed by atoms with Gasteiger partial charge in [0.05, 0.1) is 6.61 Å². The van der Waals surface area contributed by atoms with Crippen molar-refractivity contribution in [2.24, 2.45) is 23.7 Å². The predicted octanol–water partition coefficient (Wildman–Crippen LogP) is 4.08. The van der Waals surface area contributed by atoms with E-state index in [1.165, 1.54) is 10.4 Å². The average molecular weight is 443 g/mol. The third kappa shape index (κ3) is 3.20. The highest BCUT2D eigenvalue weighted by molar-refractivity contribution is 6.99. The minimum Gasteiger partial charge on any atom is -0.403 e. The third-order valence-corrected chi connectivity index (χ3v) is 12.6. The molecule has 2 aromatic rings. The Morgan fingerprint density at radius 2 is 1.38 bits per heavy atom. The standard InChI is InChI=1S/C28H30O3Si/c1-28(2,3)32(22-10-6-4-7-11-22,23-12-8-5-9-13-23)31-18-21-17-24(29)25-19-14-15-20(16-19)26(25)27(21)30/h4-15,17,19-20,25-26H,16,18H2,1-3H3/t19-,20+,25+,26+/m1/s1. The van der Waals surface area contributed by atoms with Crippen molar-refractivity contribution in [1.29, 1.82) is 0 Å². The van der Waals surface area contributed by atoms with Crippen LogP contribution in [0.2, 0.25) is 5.04 Å². The highest BCUT2D eigenvalue weighted by Crippen LogP contribution is 2.51. The number of carbonyl (C=O) groups excluding carboxylic acids is 2. The quantitative estimate of drug-likeness (QED) is 0.518. The van der Waals surface area contributed by atoms with Crippen molar-refractivity contribution in [2.45, 2.75) is 32.2 Å². The van der Waals surface area contributed by atoms with E-state index in [2.05, 4.69) is 81.5 Å². The van der Waals surface area contributed by atoms with E-state index in [4.69, 9.17) is 4.43 Å². The van der Waals surface area contributed by atoms with Crippen LogP contribution in [0.5, 0.6) is 0 Å². The lowest BCUT2D eigenvalue weighted by Crippen LogP contribution is -2.66. The van der Waals surface area contributed by atoms with Crippen LogP contribution >= 0.6 is 0 Å². The highest BCUT2D eigenvalue weighted by Gasteiger charge is 2.54. The molecule has 2 bridgehead atoms. The lowest BCUT2D eigenvalue weighted by atomic mass is 9.72. The Morgan fingerprint density at radius 3 is 1.91 bits per heavy atom. The van der Waals surface area contributed by atoms with Crippen LogP contribution in [-0.4, -0.2) is 26.5 Å². The van der Waals surface area contributed by atoms with E-state index in [0.717, 1.165) is 6.42 Å². The fraction of sp³-hybridized carbons (Fsp3) is 0.357. The SMILES string of the molecule is CC(C)(C)[Si](OCC1=CC(=O)[C@H]2[C@@H](C1=O)[C@H]1C=C[C@@H]2C1)(c1ccccc1)c1ccccc1. The van der Waals surface area contributed by atoms with Crippen LogP contribution in [0.4, 0.5) is 0 Å². The van der Waals surface area contributed by atoms with Gasteiger partial charge in [-0.1, -0.05) is 93.6 Å². The molecule has 3 aliphatic carbocycles. The van der Waals surface area contributed by atoms with Crippen molar-refractivity contribution >= 4 is 30.3 Å². The molecule has 2 aromatic carbocycles. The number of allylic oxidation sites excluding steroid dienone is 3. The summed E-state index contributed by atoms with van der Waals surface area (Å²) < 4.78 is 6.93. The van der Waals surface area contributed by atoms with Crippen molar-refractivity contribution in [3.8, 4) is 0 Å². The second-order valence-electron chi connectivity index (χ2n) is 10.4. The molecule has 0 amide bonds. The largest absolute Gasteiger partial charge is 0.403 e. The zero-order valence-corrected chi connectivity index (χ0v) is 20.0. The van der Waals surface area contributed by atoms with Gasteiger partial charge < -0.3 is 4.43 Å². The lowest BCUT2D eigenvalue weighted by molar-refractivity contribution is -0.130. The summed E-state index contributed by atoms with van der Waals surface area (Å²) in [5, 5.41) is 2.18. The van der Waals surface area contributed by atoms with Gasteiger partial charge in [0.1, 0.15) is 0 Å². The van der Waals surface area contributed by atoms with Gasteiger partial charge >= 0.3 is 0 Å².